The Morgan fingerprint density at radius 3 is 2.29 bits per heavy atom. The lowest BCUT2D eigenvalue weighted by Crippen LogP contribution is -2.27. The van der Waals surface area contributed by atoms with Crippen LogP contribution < -0.4 is 5.32 Å². The first-order valence-corrected chi connectivity index (χ1v) is 5.64. The van der Waals surface area contributed by atoms with E-state index in [1.54, 1.807) is 0 Å². The monoisotopic (exact) mass is 196 g/mol. The van der Waals surface area contributed by atoms with Crippen molar-refractivity contribution >= 4 is 0 Å². The van der Waals surface area contributed by atoms with Crippen LogP contribution in [0.2, 0.25) is 0 Å². The van der Waals surface area contributed by atoms with E-state index in [9.17, 15) is 0 Å². The molecule has 82 valence electrons. The van der Waals surface area contributed by atoms with Crippen molar-refractivity contribution in [2.75, 3.05) is 27.7 Å². The average molecular weight is 196 g/mol. The molecule has 0 aromatic heterocycles. The summed E-state index contributed by atoms with van der Waals surface area (Å²) in [6, 6.07) is 0. The molecule has 0 atom stereocenters. The molecule has 2 heteroatoms. The highest BCUT2D eigenvalue weighted by Gasteiger charge is 2.22. The highest BCUT2D eigenvalue weighted by Crippen LogP contribution is 2.31. The molecule has 2 nitrogen and oxygen atoms in total. The minimum absolute atomic E-state index is 0.721. The van der Waals surface area contributed by atoms with Gasteiger partial charge >= 0.3 is 0 Å². The lowest BCUT2D eigenvalue weighted by atomic mass is 9.80. The van der Waals surface area contributed by atoms with E-state index in [1.807, 2.05) is 7.05 Å². The molecule has 0 aromatic rings. The van der Waals surface area contributed by atoms with Crippen LogP contribution in [0.1, 0.15) is 25.7 Å². The van der Waals surface area contributed by atoms with E-state index in [0.29, 0.717) is 0 Å². The summed E-state index contributed by atoms with van der Waals surface area (Å²) in [6.45, 7) is 5.31. The number of hydrogen-bond donors (Lipinski definition) is 1. The maximum absolute atomic E-state index is 4.06. The molecule has 1 aliphatic carbocycles. The number of hydrogen-bond acceptors (Lipinski definition) is 2. The van der Waals surface area contributed by atoms with Crippen molar-refractivity contribution in [2.45, 2.75) is 25.7 Å². The van der Waals surface area contributed by atoms with Crippen molar-refractivity contribution in [3.63, 3.8) is 0 Å². The van der Waals surface area contributed by atoms with Crippen LogP contribution in [0.5, 0.6) is 0 Å². The predicted molar refractivity (Wildman–Crippen MR) is 62.2 cm³/mol. The van der Waals surface area contributed by atoms with Gasteiger partial charge in [-0.1, -0.05) is 6.58 Å². The molecule has 0 heterocycles. The van der Waals surface area contributed by atoms with Gasteiger partial charge in [0.25, 0.3) is 0 Å². The van der Waals surface area contributed by atoms with Crippen LogP contribution in [0, 0.1) is 11.8 Å². The molecule has 1 rings (SSSR count). The third kappa shape index (κ3) is 3.33. The van der Waals surface area contributed by atoms with E-state index < -0.39 is 0 Å². The van der Waals surface area contributed by atoms with Gasteiger partial charge in [0.05, 0.1) is 0 Å². The lowest BCUT2D eigenvalue weighted by Gasteiger charge is -2.31. The van der Waals surface area contributed by atoms with Gasteiger partial charge in [0, 0.05) is 19.3 Å². The summed E-state index contributed by atoms with van der Waals surface area (Å²) in [5.74, 6) is 1.63. The fourth-order valence-electron chi connectivity index (χ4n) is 2.41. The maximum atomic E-state index is 4.06. The van der Waals surface area contributed by atoms with Crippen molar-refractivity contribution in [1.29, 1.82) is 0 Å². The van der Waals surface area contributed by atoms with Gasteiger partial charge in [0.15, 0.2) is 0 Å². The van der Waals surface area contributed by atoms with Crippen molar-refractivity contribution in [3.05, 3.63) is 12.3 Å². The van der Waals surface area contributed by atoms with E-state index in [-0.39, 0.29) is 0 Å². The summed E-state index contributed by atoms with van der Waals surface area (Å²) in [4.78, 5) is 2.30. The largest absolute Gasteiger partial charge is 0.392 e. The zero-order chi connectivity index (χ0) is 10.6. The first-order chi connectivity index (χ1) is 6.63. The fourth-order valence-corrected chi connectivity index (χ4v) is 2.41. The van der Waals surface area contributed by atoms with E-state index in [1.165, 1.54) is 37.9 Å². The minimum atomic E-state index is 0.721. The first-order valence-electron chi connectivity index (χ1n) is 5.64. The van der Waals surface area contributed by atoms with Crippen molar-refractivity contribution in [1.82, 2.24) is 10.2 Å². The predicted octanol–water partition coefficient (Wildman–Crippen LogP) is 2.09. The Labute approximate surface area is 88.4 Å². The minimum Gasteiger partial charge on any atom is -0.392 e. The third-order valence-corrected chi connectivity index (χ3v) is 3.28. The highest BCUT2D eigenvalue weighted by molar-refractivity contribution is 4.98. The molecule has 0 unspecified atom stereocenters. The molecule has 0 aliphatic heterocycles. The summed E-state index contributed by atoms with van der Waals surface area (Å²) in [5, 5.41) is 3.19. The Morgan fingerprint density at radius 1 is 1.29 bits per heavy atom. The van der Waals surface area contributed by atoms with Crippen LogP contribution in [0.4, 0.5) is 0 Å². The Bertz CT molecular complexity index is 179. The summed E-state index contributed by atoms with van der Waals surface area (Å²) < 4.78 is 0. The van der Waals surface area contributed by atoms with Crippen LogP contribution >= 0.6 is 0 Å². The van der Waals surface area contributed by atoms with Gasteiger partial charge < -0.3 is 10.2 Å². The van der Waals surface area contributed by atoms with Crippen molar-refractivity contribution in [3.8, 4) is 0 Å². The second-order valence-corrected chi connectivity index (χ2v) is 4.76. The van der Waals surface area contributed by atoms with Gasteiger partial charge in [-0.05, 0) is 51.6 Å². The molecular weight excluding hydrogens is 172 g/mol. The molecule has 1 fully saturated rings. The van der Waals surface area contributed by atoms with Crippen LogP contribution in [0.15, 0.2) is 12.3 Å². The molecule has 0 amide bonds. The summed E-state index contributed by atoms with van der Waals surface area (Å²) in [5.41, 5.74) is 1.23. The van der Waals surface area contributed by atoms with Gasteiger partial charge in [0.1, 0.15) is 0 Å². The molecule has 0 bridgehead atoms. The quantitative estimate of drug-likeness (QED) is 0.740. The summed E-state index contributed by atoms with van der Waals surface area (Å²) in [6.07, 6.45) is 5.36. The molecule has 1 aliphatic rings. The Kier molecular flexibility index (Phi) is 4.46. The van der Waals surface area contributed by atoms with E-state index in [0.717, 1.165) is 11.8 Å². The average Bonchev–Trinajstić information content (AvgIpc) is 2.17. The third-order valence-electron chi connectivity index (χ3n) is 3.28. The van der Waals surface area contributed by atoms with Crippen molar-refractivity contribution in [2.24, 2.45) is 11.8 Å². The van der Waals surface area contributed by atoms with Gasteiger partial charge in [-0.15, -0.1) is 0 Å². The standard InChI is InChI=1S/C12H24N2/c1-10(13-2)12-7-5-11(6-8-12)9-14(3)4/h11-13H,1,5-9H2,2-4H3. The zero-order valence-electron chi connectivity index (χ0n) is 9.84. The number of nitrogens with zero attached hydrogens (tertiary/aromatic N) is 1. The Balaban J connectivity index is 2.27. The molecule has 0 aromatic carbocycles. The topological polar surface area (TPSA) is 15.3 Å². The maximum Gasteiger partial charge on any atom is 0.00625 e. The number of rotatable bonds is 4. The van der Waals surface area contributed by atoms with Gasteiger partial charge in [-0.3, -0.25) is 0 Å². The molecule has 0 saturated heterocycles. The smallest absolute Gasteiger partial charge is 0.00625 e. The van der Waals surface area contributed by atoms with Gasteiger partial charge in [-0.2, -0.15) is 0 Å². The Morgan fingerprint density at radius 2 is 1.86 bits per heavy atom. The van der Waals surface area contributed by atoms with Crippen LogP contribution in [0.3, 0.4) is 0 Å². The zero-order valence-corrected chi connectivity index (χ0v) is 9.84. The van der Waals surface area contributed by atoms with E-state index in [4.69, 9.17) is 0 Å². The number of allylic oxidation sites excluding steroid dienone is 1. The fraction of sp³-hybridized carbons (Fsp3) is 0.833. The normalized spacial score (nSPS) is 27.7. The van der Waals surface area contributed by atoms with Crippen molar-refractivity contribution < 1.29 is 0 Å². The lowest BCUT2D eigenvalue weighted by molar-refractivity contribution is 0.234. The molecular formula is C12H24N2. The highest BCUT2D eigenvalue weighted by atomic mass is 15.1. The SMILES string of the molecule is C=C(NC)C1CCC(CN(C)C)CC1. The first kappa shape index (κ1) is 11.6. The van der Waals surface area contributed by atoms with E-state index in [2.05, 4.69) is 30.9 Å². The van der Waals surface area contributed by atoms with Crippen LogP contribution in [-0.4, -0.2) is 32.6 Å². The van der Waals surface area contributed by atoms with Gasteiger partial charge in [0.2, 0.25) is 0 Å². The van der Waals surface area contributed by atoms with Crippen LogP contribution in [0.25, 0.3) is 0 Å². The second-order valence-electron chi connectivity index (χ2n) is 4.76. The molecule has 0 spiro atoms. The van der Waals surface area contributed by atoms with E-state index >= 15 is 0 Å². The van der Waals surface area contributed by atoms with Gasteiger partial charge in [-0.25, -0.2) is 0 Å². The number of nitrogens with one attached hydrogen (secondary N) is 1. The molecule has 1 saturated carbocycles. The summed E-state index contributed by atoms with van der Waals surface area (Å²) >= 11 is 0. The second kappa shape index (κ2) is 5.40. The van der Waals surface area contributed by atoms with Crippen LogP contribution in [-0.2, 0) is 0 Å². The molecule has 0 radical (unpaired) electrons. The molecule has 14 heavy (non-hydrogen) atoms. The Hall–Kier alpha value is -0.500. The molecule has 1 N–H and O–H groups in total. The summed E-state index contributed by atoms with van der Waals surface area (Å²) in [7, 11) is 6.31.